The molecule has 1 aromatic heterocycles. The van der Waals surface area contributed by atoms with Crippen molar-refractivity contribution in [1.29, 1.82) is 0 Å². The molecule has 0 bridgehead atoms. The highest BCUT2D eigenvalue weighted by Crippen LogP contribution is 2.24. The van der Waals surface area contributed by atoms with Gasteiger partial charge >= 0.3 is 0 Å². The van der Waals surface area contributed by atoms with E-state index in [1.165, 1.54) is 6.92 Å². The van der Waals surface area contributed by atoms with Crippen molar-refractivity contribution in [2.45, 2.75) is 20.8 Å². The van der Waals surface area contributed by atoms with Crippen molar-refractivity contribution < 1.29 is 14.0 Å². The van der Waals surface area contributed by atoms with E-state index in [-0.39, 0.29) is 5.78 Å². The molecule has 130 valence electrons. The number of rotatable bonds is 5. The Hall–Kier alpha value is -3.21. The van der Waals surface area contributed by atoms with Crippen LogP contribution in [-0.4, -0.2) is 5.78 Å². The van der Waals surface area contributed by atoms with E-state index in [0.717, 1.165) is 16.8 Å². The van der Waals surface area contributed by atoms with Crippen molar-refractivity contribution in [2.75, 3.05) is 11.2 Å². The molecule has 0 saturated heterocycles. The number of hydrogen-bond donors (Lipinski definition) is 2. The third-order valence-corrected chi connectivity index (χ3v) is 3.33. The van der Waals surface area contributed by atoms with Gasteiger partial charge in [0.15, 0.2) is 17.3 Å². The number of ketones is 1. The molecule has 1 heterocycles. The fraction of sp³-hybridized carbons (Fsp3) is 0.150. The minimum atomic E-state index is -0.0913. The van der Waals surface area contributed by atoms with Gasteiger partial charge in [-0.05, 0) is 48.0 Å². The van der Waals surface area contributed by atoms with Crippen molar-refractivity contribution in [3.8, 4) is 16.9 Å². The summed E-state index contributed by atoms with van der Waals surface area (Å²) >= 11 is 0. The zero-order chi connectivity index (χ0) is 18.2. The van der Waals surface area contributed by atoms with Crippen LogP contribution in [0.3, 0.4) is 0 Å². The average Bonchev–Trinajstić information content (AvgIpc) is 3.14. The largest absolute Gasteiger partial charge is 0.461 e. The molecule has 0 aliphatic carbocycles. The summed E-state index contributed by atoms with van der Waals surface area (Å²) in [4.78, 5) is 16.7. The molecule has 3 rings (SSSR count). The van der Waals surface area contributed by atoms with Gasteiger partial charge < -0.3 is 15.0 Å². The second-order valence-corrected chi connectivity index (χ2v) is 5.11. The molecule has 5 nitrogen and oxygen atoms in total. The SMILES string of the molecule is CC.CC(=O)c1cc(-c2ccc(NOc3ccc(N)cc3)cc2)co1. The van der Waals surface area contributed by atoms with Gasteiger partial charge in [-0.3, -0.25) is 4.79 Å². The lowest BCUT2D eigenvalue weighted by Gasteiger charge is -2.08. The van der Waals surface area contributed by atoms with Crippen molar-refractivity contribution in [3.63, 3.8) is 0 Å². The number of hydrogen-bond acceptors (Lipinski definition) is 5. The second-order valence-electron chi connectivity index (χ2n) is 5.11. The van der Waals surface area contributed by atoms with Crippen molar-refractivity contribution in [2.24, 2.45) is 0 Å². The molecule has 0 unspecified atom stereocenters. The maximum absolute atomic E-state index is 11.3. The van der Waals surface area contributed by atoms with Crippen LogP contribution in [0.4, 0.5) is 11.4 Å². The van der Waals surface area contributed by atoms with E-state index in [2.05, 4.69) is 5.48 Å². The molecular weight excluding hydrogens is 316 g/mol. The van der Waals surface area contributed by atoms with Crippen LogP contribution < -0.4 is 16.1 Å². The molecule has 3 aromatic rings. The molecule has 0 radical (unpaired) electrons. The number of furan rings is 1. The van der Waals surface area contributed by atoms with Crippen LogP contribution in [0.5, 0.6) is 5.75 Å². The van der Waals surface area contributed by atoms with Gasteiger partial charge in [0, 0.05) is 18.2 Å². The molecule has 5 heteroatoms. The smallest absolute Gasteiger partial charge is 0.194 e. The standard InChI is InChI=1S/C18H16N2O3.C2H6/c1-12(21)18-10-14(11-22-18)13-2-6-16(7-3-13)20-23-17-8-4-15(19)5-9-17;1-2/h2-11,20H,19H2,1H3;1-2H3. The third-order valence-electron chi connectivity index (χ3n) is 3.33. The van der Waals surface area contributed by atoms with Gasteiger partial charge in [0.2, 0.25) is 0 Å². The minimum Gasteiger partial charge on any atom is -0.461 e. The lowest BCUT2D eigenvalue weighted by Crippen LogP contribution is -2.04. The molecule has 0 aliphatic rings. The maximum Gasteiger partial charge on any atom is 0.194 e. The Kier molecular flexibility index (Phi) is 6.23. The molecule has 0 atom stereocenters. The molecule has 2 aromatic carbocycles. The quantitative estimate of drug-likeness (QED) is 0.381. The number of Topliss-reactive ketones (excluding diaryl/α,β-unsaturated/α-hetero) is 1. The molecule has 0 fully saturated rings. The Balaban J connectivity index is 0.00000109. The van der Waals surface area contributed by atoms with Crippen LogP contribution in [0.1, 0.15) is 31.3 Å². The van der Waals surface area contributed by atoms with Crippen molar-refractivity contribution in [3.05, 3.63) is 66.6 Å². The topological polar surface area (TPSA) is 77.5 Å². The predicted molar refractivity (Wildman–Crippen MR) is 101 cm³/mol. The number of nitrogens with two attached hydrogens (primary N) is 1. The molecule has 0 spiro atoms. The molecule has 25 heavy (non-hydrogen) atoms. The normalized spacial score (nSPS) is 9.72. The van der Waals surface area contributed by atoms with E-state index in [1.54, 1.807) is 36.6 Å². The first-order valence-corrected chi connectivity index (χ1v) is 8.10. The Morgan fingerprint density at radius 1 is 1.00 bits per heavy atom. The zero-order valence-corrected chi connectivity index (χ0v) is 14.6. The molecular formula is C20H22N2O3. The first-order chi connectivity index (χ1) is 12.1. The summed E-state index contributed by atoms with van der Waals surface area (Å²) in [5, 5.41) is 0. The van der Waals surface area contributed by atoms with Crippen LogP contribution in [0.15, 0.2) is 65.3 Å². The van der Waals surface area contributed by atoms with Gasteiger partial charge in [-0.1, -0.05) is 26.0 Å². The van der Waals surface area contributed by atoms with Crippen molar-refractivity contribution in [1.82, 2.24) is 0 Å². The van der Waals surface area contributed by atoms with Crippen LogP contribution in [0, 0.1) is 0 Å². The van der Waals surface area contributed by atoms with Crippen molar-refractivity contribution >= 4 is 17.2 Å². The molecule has 0 aliphatic heterocycles. The number of anilines is 2. The summed E-state index contributed by atoms with van der Waals surface area (Å²) in [6.45, 7) is 5.48. The summed E-state index contributed by atoms with van der Waals surface area (Å²) in [6.07, 6.45) is 1.57. The van der Waals surface area contributed by atoms with Crippen LogP contribution in [-0.2, 0) is 0 Å². The summed E-state index contributed by atoms with van der Waals surface area (Å²) in [5.41, 5.74) is 11.8. The summed E-state index contributed by atoms with van der Waals surface area (Å²) in [6, 6.07) is 16.4. The predicted octanol–water partition coefficient (Wildman–Crippen LogP) is 5.16. The lowest BCUT2D eigenvalue weighted by atomic mass is 10.1. The van der Waals surface area contributed by atoms with E-state index in [9.17, 15) is 4.79 Å². The summed E-state index contributed by atoms with van der Waals surface area (Å²) < 4.78 is 5.23. The Bertz CT molecular complexity index is 806. The fourth-order valence-electron chi connectivity index (χ4n) is 2.06. The highest BCUT2D eigenvalue weighted by molar-refractivity contribution is 5.92. The summed E-state index contributed by atoms with van der Waals surface area (Å²) in [7, 11) is 0. The van der Waals surface area contributed by atoms with E-state index < -0.39 is 0 Å². The average molecular weight is 338 g/mol. The monoisotopic (exact) mass is 338 g/mol. The fourth-order valence-corrected chi connectivity index (χ4v) is 2.06. The van der Waals surface area contributed by atoms with Gasteiger partial charge in [0.1, 0.15) is 0 Å². The van der Waals surface area contributed by atoms with E-state index in [1.807, 2.05) is 38.1 Å². The highest BCUT2D eigenvalue weighted by atomic mass is 16.6. The van der Waals surface area contributed by atoms with Crippen LogP contribution in [0.2, 0.25) is 0 Å². The molecule has 0 saturated carbocycles. The minimum absolute atomic E-state index is 0.0913. The third kappa shape index (κ3) is 4.88. The van der Waals surface area contributed by atoms with E-state index in [0.29, 0.717) is 17.2 Å². The maximum atomic E-state index is 11.3. The van der Waals surface area contributed by atoms with Gasteiger partial charge in [0.05, 0.1) is 12.0 Å². The van der Waals surface area contributed by atoms with Gasteiger partial charge in [0.25, 0.3) is 0 Å². The van der Waals surface area contributed by atoms with E-state index >= 15 is 0 Å². The van der Waals surface area contributed by atoms with Gasteiger partial charge in [-0.15, -0.1) is 0 Å². The Morgan fingerprint density at radius 2 is 1.64 bits per heavy atom. The number of carbonyl (C=O) groups excluding carboxylic acids is 1. The first kappa shape index (κ1) is 18.1. The second kappa shape index (κ2) is 8.59. The highest BCUT2D eigenvalue weighted by Gasteiger charge is 2.07. The zero-order valence-electron chi connectivity index (χ0n) is 14.6. The van der Waals surface area contributed by atoms with Crippen LogP contribution in [0.25, 0.3) is 11.1 Å². The summed E-state index contributed by atoms with van der Waals surface area (Å²) in [5.74, 6) is 0.935. The van der Waals surface area contributed by atoms with E-state index in [4.69, 9.17) is 15.0 Å². The number of carbonyl (C=O) groups is 1. The number of benzene rings is 2. The number of nitrogen functional groups attached to an aromatic ring is 1. The first-order valence-electron chi connectivity index (χ1n) is 8.10. The van der Waals surface area contributed by atoms with Gasteiger partial charge in [-0.2, -0.15) is 0 Å². The molecule has 3 N–H and O–H groups in total. The Morgan fingerprint density at radius 3 is 2.20 bits per heavy atom. The van der Waals surface area contributed by atoms with Crippen LogP contribution >= 0.6 is 0 Å². The molecule has 0 amide bonds. The Labute approximate surface area is 147 Å². The number of nitrogens with one attached hydrogen (secondary N) is 1. The lowest BCUT2D eigenvalue weighted by molar-refractivity contribution is 0.0987. The van der Waals surface area contributed by atoms with Gasteiger partial charge in [-0.25, -0.2) is 5.48 Å².